The van der Waals surface area contributed by atoms with Crippen molar-refractivity contribution in [1.82, 2.24) is 30.3 Å². The highest BCUT2D eigenvalue weighted by Gasteiger charge is 2.13. The van der Waals surface area contributed by atoms with Crippen LogP contribution < -0.4 is 16.0 Å². The van der Waals surface area contributed by atoms with E-state index < -0.39 is 0 Å². The van der Waals surface area contributed by atoms with Gasteiger partial charge in [0.2, 0.25) is 5.91 Å². The van der Waals surface area contributed by atoms with E-state index in [9.17, 15) is 4.79 Å². The Balaban J connectivity index is 1.40. The molecule has 3 heterocycles. The third-order valence-corrected chi connectivity index (χ3v) is 3.63. The molecule has 26 heavy (non-hydrogen) atoms. The van der Waals surface area contributed by atoms with E-state index in [0.717, 1.165) is 5.69 Å². The van der Waals surface area contributed by atoms with E-state index in [1.165, 1.54) is 0 Å². The quantitative estimate of drug-likeness (QED) is 0.528. The Bertz CT molecular complexity index is 805. The third kappa shape index (κ3) is 4.76. The lowest BCUT2D eigenvalue weighted by molar-refractivity contribution is -0.124. The summed E-state index contributed by atoms with van der Waals surface area (Å²) in [6, 6.07) is 8.82. The smallest absolute Gasteiger partial charge is 0.244 e. The van der Waals surface area contributed by atoms with Gasteiger partial charge in [-0.2, -0.15) is 5.10 Å². The topological polar surface area (TPSA) is 110 Å². The fourth-order valence-electron chi connectivity index (χ4n) is 2.23. The lowest BCUT2D eigenvalue weighted by Crippen LogP contribution is -2.34. The molecular weight excluding hydrogens is 332 g/mol. The molecule has 3 aromatic heterocycles. The second kappa shape index (κ2) is 8.56. The van der Waals surface area contributed by atoms with Crippen LogP contribution in [0.2, 0.25) is 0 Å². The molecule has 9 nitrogen and oxygen atoms in total. The number of nitrogens with zero attached hydrogens (tertiary/aromatic N) is 5. The Hall–Kier alpha value is -3.49. The first-order chi connectivity index (χ1) is 12.7. The lowest BCUT2D eigenvalue weighted by atomic mass is 10.3. The fraction of sp³-hybridized carbons (Fsp3) is 0.235. The van der Waals surface area contributed by atoms with Crippen LogP contribution in [-0.2, 0) is 4.79 Å². The van der Waals surface area contributed by atoms with Crippen LogP contribution in [0.3, 0.4) is 0 Å². The minimum atomic E-state index is -0.345. The summed E-state index contributed by atoms with van der Waals surface area (Å²) in [7, 11) is 0. The molecule has 0 bridgehead atoms. The normalized spacial score (nSPS) is 11.6. The Morgan fingerprint density at radius 1 is 1.12 bits per heavy atom. The molecule has 0 saturated heterocycles. The minimum Gasteiger partial charge on any atom is -0.367 e. The van der Waals surface area contributed by atoms with Gasteiger partial charge in [0, 0.05) is 31.7 Å². The first-order valence-corrected chi connectivity index (χ1v) is 8.24. The van der Waals surface area contributed by atoms with Gasteiger partial charge in [-0.15, -0.1) is 10.2 Å². The average molecular weight is 352 g/mol. The summed E-state index contributed by atoms with van der Waals surface area (Å²) in [5.74, 6) is 1.18. The highest BCUT2D eigenvalue weighted by atomic mass is 16.2. The van der Waals surface area contributed by atoms with Gasteiger partial charge >= 0.3 is 0 Å². The summed E-state index contributed by atoms with van der Waals surface area (Å²) < 4.78 is 1.61. The van der Waals surface area contributed by atoms with E-state index in [4.69, 9.17) is 0 Å². The van der Waals surface area contributed by atoms with Crippen molar-refractivity contribution >= 4 is 23.2 Å². The predicted molar refractivity (Wildman–Crippen MR) is 98.0 cm³/mol. The van der Waals surface area contributed by atoms with Gasteiger partial charge in [-0.3, -0.25) is 14.5 Å². The zero-order valence-electron chi connectivity index (χ0n) is 14.3. The first kappa shape index (κ1) is 17.3. The molecule has 3 aromatic rings. The van der Waals surface area contributed by atoms with Crippen molar-refractivity contribution in [3.05, 3.63) is 55.1 Å². The zero-order chi connectivity index (χ0) is 18.2. The number of hydrogen-bond acceptors (Lipinski definition) is 7. The SMILES string of the molecule is C[C@@H](C(=O)NCCNc1ccc(Nc2cccnc2)nn1)n1cccn1. The predicted octanol–water partition coefficient (Wildman–Crippen LogP) is 1.60. The molecule has 0 aliphatic rings. The molecule has 9 heteroatoms. The van der Waals surface area contributed by atoms with Gasteiger partial charge < -0.3 is 16.0 Å². The molecule has 1 atom stereocenters. The molecule has 0 spiro atoms. The second-order valence-corrected chi connectivity index (χ2v) is 5.55. The number of amides is 1. The third-order valence-electron chi connectivity index (χ3n) is 3.63. The van der Waals surface area contributed by atoms with Crippen molar-refractivity contribution in [2.45, 2.75) is 13.0 Å². The molecular formula is C17H20N8O. The van der Waals surface area contributed by atoms with Crippen LogP contribution in [-0.4, -0.2) is 44.0 Å². The van der Waals surface area contributed by atoms with Crippen molar-refractivity contribution in [3.8, 4) is 0 Å². The van der Waals surface area contributed by atoms with Gasteiger partial charge in [-0.1, -0.05) is 0 Å². The molecule has 1 amide bonds. The number of pyridine rings is 1. The maximum absolute atomic E-state index is 12.0. The van der Waals surface area contributed by atoms with Crippen molar-refractivity contribution in [2.75, 3.05) is 23.7 Å². The Morgan fingerprint density at radius 2 is 1.96 bits per heavy atom. The number of anilines is 3. The molecule has 3 N–H and O–H groups in total. The molecule has 0 unspecified atom stereocenters. The standard InChI is InChI=1S/C17H20N8O/c1-13(25-11-3-8-21-25)17(26)20-10-9-19-15-5-6-16(24-23-15)22-14-4-2-7-18-12-14/h2-8,11-13H,9-10H2,1H3,(H,19,23)(H,20,26)(H,22,24)/t13-/m0/s1. The van der Waals surface area contributed by atoms with Crippen molar-refractivity contribution in [1.29, 1.82) is 0 Å². The molecule has 0 aliphatic heterocycles. The van der Waals surface area contributed by atoms with E-state index in [0.29, 0.717) is 24.7 Å². The zero-order valence-corrected chi connectivity index (χ0v) is 14.3. The van der Waals surface area contributed by atoms with Crippen LogP contribution in [0.4, 0.5) is 17.3 Å². The Kier molecular flexibility index (Phi) is 5.71. The summed E-state index contributed by atoms with van der Waals surface area (Å²) in [6.07, 6.45) is 6.83. The monoisotopic (exact) mass is 352 g/mol. The van der Waals surface area contributed by atoms with Crippen LogP contribution in [0.1, 0.15) is 13.0 Å². The van der Waals surface area contributed by atoms with E-state index in [1.54, 1.807) is 42.5 Å². The van der Waals surface area contributed by atoms with Crippen LogP contribution in [0.25, 0.3) is 0 Å². The summed E-state index contributed by atoms with van der Waals surface area (Å²) in [5, 5.41) is 21.3. The van der Waals surface area contributed by atoms with Gasteiger partial charge in [0.05, 0.1) is 11.9 Å². The van der Waals surface area contributed by atoms with Gasteiger partial charge in [-0.05, 0) is 37.3 Å². The van der Waals surface area contributed by atoms with Crippen molar-refractivity contribution in [3.63, 3.8) is 0 Å². The van der Waals surface area contributed by atoms with E-state index >= 15 is 0 Å². The molecule has 3 rings (SSSR count). The molecule has 0 fully saturated rings. The van der Waals surface area contributed by atoms with Gasteiger partial charge in [-0.25, -0.2) is 0 Å². The summed E-state index contributed by atoms with van der Waals surface area (Å²) in [4.78, 5) is 16.1. The number of aromatic nitrogens is 5. The van der Waals surface area contributed by atoms with Crippen LogP contribution in [0, 0.1) is 0 Å². The maximum atomic E-state index is 12.0. The summed E-state index contributed by atoms with van der Waals surface area (Å²) >= 11 is 0. The van der Waals surface area contributed by atoms with Gasteiger partial charge in [0.1, 0.15) is 11.9 Å². The number of rotatable bonds is 8. The number of hydrogen-bond donors (Lipinski definition) is 3. The fourth-order valence-corrected chi connectivity index (χ4v) is 2.23. The Labute approximate surface area is 150 Å². The molecule has 134 valence electrons. The van der Waals surface area contributed by atoms with E-state index in [-0.39, 0.29) is 11.9 Å². The lowest BCUT2D eigenvalue weighted by Gasteiger charge is -2.13. The van der Waals surface area contributed by atoms with Gasteiger partial charge in [0.15, 0.2) is 5.82 Å². The van der Waals surface area contributed by atoms with Crippen LogP contribution >= 0.6 is 0 Å². The van der Waals surface area contributed by atoms with Crippen molar-refractivity contribution < 1.29 is 4.79 Å². The van der Waals surface area contributed by atoms with E-state index in [1.807, 2.05) is 24.3 Å². The molecule has 0 radical (unpaired) electrons. The number of nitrogens with one attached hydrogen (secondary N) is 3. The molecule has 0 aromatic carbocycles. The highest BCUT2D eigenvalue weighted by Crippen LogP contribution is 2.12. The minimum absolute atomic E-state index is 0.0856. The molecule has 0 saturated carbocycles. The van der Waals surface area contributed by atoms with Gasteiger partial charge in [0.25, 0.3) is 0 Å². The number of carbonyl (C=O) groups is 1. The summed E-state index contributed by atoms with van der Waals surface area (Å²) in [5.41, 5.74) is 0.844. The summed E-state index contributed by atoms with van der Waals surface area (Å²) in [6.45, 7) is 2.82. The second-order valence-electron chi connectivity index (χ2n) is 5.55. The molecule has 0 aliphatic carbocycles. The Morgan fingerprint density at radius 3 is 2.65 bits per heavy atom. The van der Waals surface area contributed by atoms with Crippen LogP contribution in [0.5, 0.6) is 0 Å². The van der Waals surface area contributed by atoms with E-state index in [2.05, 4.69) is 36.2 Å². The van der Waals surface area contributed by atoms with Crippen molar-refractivity contribution in [2.24, 2.45) is 0 Å². The maximum Gasteiger partial charge on any atom is 0.244 e. The van der Waals surface area contributed by atoms with Crippen LogP contribution in [0.15, 0.2) is 55.1 Å². The first-order valence-electron chi connectivity index (χ1n) is 8.24. The average Bonchev–Trinajstić information content (AvgIpc) is 3.21. The largest absolute Gasteiger partial charge is 0.367 e. The number of carbonyl (C=O) groups excluding carboxylic acids is 1. The highest BCUT2D eigenvalue weighted by molar-refractivity contribution is 5.79.